The number of carbonyl (C=O) groups is 4. The molecule has 3 fully saturated rings. The van der Waals surface area contributed by atoms with Gasteiger partial charge < -0.3 is 20.3 Å². The van der Waals surface area contributed by atoms with Crippen molar-refractivity contribution in [1.82, 2.24) is 15.2 Å². The van der Waals surface area contributed by atoms with E-state index in [4.69, 9.17) is 17.0 Å². The molecule has 58 heavy (non-hydrogen) atoms. The van der Waals surface area contributed by atoms with Crippen LogP contribution in [0.1, 0.15) is 76.5 Å². The lowest BCUT2D eigenvalue weighted by Gasteiger charge is -2.37. The van der Waals surface area contributed by atoms with Crippen LogP contribution in [-0.2, 0) is 31.8 Å². The Balaban J connectivity index is 1.01. The first-order valence-corrected chi connectivity index (χ1v) is 19.6. The van der Waals surface area contributed by atoms with Crippen molar-refractivity contribution in [2.45, 2.75) is 90.0 Å². The number of aromatic nitrogens is 1. The maximum atomic E-state index is 13.8. The van der Waals surface area contributed by atoms with E-state index in [-0.39, 0.29) is 47.5 Å². The normalized spacial score (nSPS) is 21.1. The molecule has 1 aromatic heterocycles. The molecule has 4 amide bonds. The third-order valence-corrected chi connectivity index (χ3v) is 11.2. The monoisotopic (exact) mass is 818 g/mol. The molecule has 0 radical (unpaired) electrons. The second-order valence-electron chi connectivity index (χ2n) is 15.3. The van der Waals surface area contributed by atoms with Crippen molar-refractivity contribution in [3.8, 4) is 11.9 Å². The Bertz CT molecular complexity index is 2160. The molecule has 3 aromatic rings. The number of benzene rings is 2. The molecule has 13 nitrogen and oxygen atoms in total. The number of anilines is 4. The van der Waals surface area contributed by atoms with Gasteiger partial charge in [-0.3, -0.25) is 34.3 Å². The van der Waals surface area contributed by atoms with E-state index in [9.17, 15) is 37.6 Å². The van der Waals surface area contributed by atoms with Crippen LogP contribution in [0.15, 0.2) is 54.7 Å². The second-order valence-corrected chi connectivity index (χ2v) is 15.7. The summed E-state index contributed by atoms with van der Waals surface area (Å²) >= 11 is 5.69. The highest BCUT2D eigenvalue weighted by molar-refractivity contribution is 7.81. The van der Waals surface area contributed by atoms with Crippen molar-refractivity contribution >= 4 is 63.7 Å². The van der Waals surface area contributed by atoms with Crippen LogP contribution in [0.4, 0.5) is 35.9 Å². The first-order chi connectivity index (χ1) is 27.5. The lowest BCUT2D eigenvalue weighted by Crippen LogP contribution is -2.47. The standard InChI is InChI=1S/C41H45F3N8O5S/c1-5-26-18-31(52-39(58)51(38(56)40(52,3)4)30-10-9-27(21-45)32(20-30)41(42,43)44)22-46-37(26)57-16-14-25-13-15-50(24(2)17-25)23-35(54)48-29-8-6-7-28(19-29)47-33-11-12-34(53)49-36(33)55/h6-10,18-20,22,24-25,33,47H,5,11-17,23H2,1-4H3,(H,48,54)(H,49,53,55)/t24-,25+,33?/m0/s1. The number of aryl methyl sites for hydroxylation is 1. The highest BCUT2D eigenvalue weighted by Crippen LogP contribution is 2.40. The van der Waals surface area contributed by atoms with Gasteiger partial charge in [-0.1, -0.05) is 13.0 Å². The van der Waals surface area contributed by atoms with Crippen LogP contribution in [0.2, 0.25) is 0 Å². The number of imide groups is 1. The molecule has 2 aromatic carbocycles. The first-order valence-electron chi connectivity index (χ1n) is 19.2. The first kappa shape index (κ1) is 42.0. The smallest absolute Gasteiger partial charge is 0.417 e. The van der Waals surface area contributed by atoms with Crippen molar-refractivity contribution in [3.05, 3.63) is 71.4 Å². The van der Waals surface area contributed by atoms with Gasteiger partial charge in [0.2, 0.25) is 23.6 Å². The molecule has 0 spiro atoms. The molecular weight excluding hydrogens is 774 g/mol. The summed E-state index contributed by atoms with van der Waals surface area (Å²) in [6.07, 6.45) is 0.491. The van der Waals surface area contributed by atoms with Crippen LogP contribution in [0.25, 0.3) is 0 Å². The summed E-state index contributed by atoms with van der Waals surface area (Å²) in [5.41, 5.74) is -0.531. The molecular formula is C41H45F3N8O5S. The van der Waals surface area contributed by atoms with Crippen molar-refractivity contribution in [2.75, 3.05) is 40.1 Å². The number of rotatable bonds is 12. The molecule has 1 unspecified atom stereocenters. The fourth-order valence-electron chi connectivity index (χ4n) is 7.69. The molecule has 0 aliphatic carbocycles. The SMILES string of the molecule is CCc1cc(N2C(=S)N(c3ccc(C#N)c(C(F)(F)F)c3)C(=O)C2(C)C)cnc1OCC[C@H]1CCN(CC(=O)Nc2cccc(NC3CCC(=O)NC3=O)c2)[C@@H](C)C1. The van der Waals surface area contributed by atoms with Gasteiger partial charge in [-0.25, -0.2) is 4.98 Å². The average Bonchev–Trinajstić information content (AvgIpc) is 3.35. The maximum absolute atomic E-state index is 13.8. The third kappa shape index (κ3) is 9.08. The number of piperidine rings is 2. The fourth-order valence-corrected chi connectivity index (χ4v) is 8.21. The lowest BCUT2D eigenvalue weighted by molar-refractivity contribution is -0.138. The van der Waals surface area contributed by atoms with E-state index in [1.54, 1.807) is 49.1 Å². The molecule has 0 bridgehead atoms. The molecule has 4 heterocycles. The Labute approximate surface area is 339 Å². The fraction of sp³-hybridized carbons (Fsp3) is 0.439. The Morgan fingerprint density at radius 2 is 1.86 bits per heavy atom. The number of hydrogen-bond acceptors (Lipinski definition) is 10. The zero-order valence-electron chi connectivity index (χ0n) is 32.6. The minimum Gasteiger partial charge on any atom is -0.477 e. The van der Waals surface area contributed by atoms with Crippen LogP contribution in [-0.4, -0.2) is 75.9 Å². The molecule has 3 aliphatic rings. The van der Waals surface area contributed by atoms with Crippen molar-refractivity contribution in [1.29, 1.82) is 5.26 Å². The van der Waals surface area contributed by atoms with Gasteiger partial charge in [0.25, 0.3) is 5.91 Å². The predicted molar refractivity (Wildman–Crippen MR) is 215 cm³/mol. The number of pyridine rings is 1. The zero-order valence-corrected chi connectivity index (χ0v) is 33.4. The number of amides is 4. The molecule has 0 saturated carbocycles. The number of carbonyl (C=O) groups excluding carboxylic acids is 4. The quantitative estimate of drug-likeness (QED) is 0.142. The van der Waals surface area contributed by atoms with E-state index in [1.807, 2.05) is 13.0 Å². The summed E-state index contributed by atoms with van der Waals surface area (Å²) in [6.45, 7) is 8.70. The van der Waals surface area contributed by atoms with Gasteiger partial charge in [0.1, 0.15) is 11.6 Å². The topological polar surface area (TPSA) is 160 Å². The summed E-state index contributed by atoms with van der Waals surface area (Å²) < 4.78 is 47.5. The van der Waals surface area contributed by atoms with Crippen LogP contribution in [0, 0.1) is 17.2 Å². The number of alkyl halides is 3. The number of halogens is 3. The second kappa shape index (κ2) is 17.1. The lowest BCUT2D eigenvalue weighted by atomic mass is 9.89. The minimum absolute atomic E-state index is 0.0168. The van der Waals surface area contributed by atoms with Gasteiger partial charge in [0.05, 0.1) is 47.9 Å². The van der Waals surface area contributed by atoms with E-state index >= 15 is 0 Å². The molecule has 6 rings (SSSR count). The van der Waals surface area contributed by atoms with E-state index in [0.717, 1.165) is 48.4 Å². The van der Waals surface area contributed by atoms with E-state index < -0.39 is 34.8 Å². The van der Waals surface area contributed by atoms with Gasteiger partial charge >= 0.3 is 6.18 Å². The molecule has 17 heteroatoms. The van der Waals surface area contributed by atoms with Crippen molar-refractivity contribution in [2.24, 2.45) is 5.92 Å². The maximum Gasteiger partial charge on any atom is 0.417 e. The Morgan fingerprint density at radius 3 is 2.55 bits per heavy atom. The Kier molecular flexibility index (Phi) is 12.4. The summed E-state index contributed by atoms with van der Waals surface area (Å²) in [4.78, 5) is 59.7. The van der Waals surface area contributed by atoms with E-state index in [2.05, 4.69) is 32.8 Å². The minimum atomic E-state index is -4.80. The molecule has 3 N–H and O–H groups in total. The molecule has 306 valence electrons. The number of ether oxygens (including phenoxy) is 1. The number of likely N-dealkylation sites (tertiary alicyclic amines) is 1. The summed E-state index contributed by atoms with van der Waals surface area (Å²) in [5, 5.41) is 17.6. The molecule has 3 saturated heterocycles. The predicted octanol–water partition coefficient (Wildman–Crippen LogP) is 6.18. The van der Waals surface area contributed by atoms with Gasteiger partial charge in [-0.05, 0) is 120 Å². The van der Waals surface area contributed by atoms with Gasteiger partial charge in [-0.15, -0.1) is 0 Å². The van der Waals surface area contributed by atoms with Crippen molar-refractivity contribution in [3.63, 3.8) is 0 Å². The van der Waals surface area contributed by atoms with E-state index in [0.29, 0.717) is 48.3 Å². The third-order valence-electron chi connectivity index (χ3n) is 10.9. The highest BCUT2D eigenvalue weighted by atomic mass is 32.1. The summed E-state index contributed by atoms with van der Waals surface area (Å²) in [7, 11) is 0. The molecule has 3 atom stereocenters. The van der Waals surface area contributed by atoms with E-state index in [1.165, 1.54) is 12.3 Å². The Morgan fingerprint density at radius 1 is 1.10 bits per heavy atom. The van der Waals surface area contributed by atoms with Crippen LogP contribution < -0.4 is 30.5 Å². The van der Waals surface area contributed by atoms with Crippen LogP contribution in [0.5, 0.6) is 5.88 Å². The number of thiocarbonyl (C=S) groups is 1. The summed E-state index contributed by atoms with van der Waals surface area (Å²) in [6, 6.07) is 13.2. The zero-order chi connectivity index (χ0) is 41.9. The van der Waals surface area contributed by atoms with Gasteiger partial charge in [0.15, 0.2) is 5.11 Å². The number of nitriles is 1. The average molecular weight is 819 g/mol. The largest absolute Gasteiger partial charge is 0.477 e. The summed E-state index contributed by atoms with van der Waals surface area (Å²) in [5.74, 6) is -0.512. The van der Waals surface area contributed by atoms with Crippen molar-refractivity contribution < 1.29 is 37.1 Å². The van der Waals surface area contributed by atoms with Gasteiger partial charge in [0, 0.05) is 29.4 Å². The Hall–Kier alpha value is -5.60. The molecule has 3 aliphatic heterocycles. The van der Waals surface area contributed by atoms with Crippen LogP contribution >= 0.6 is 12.2 Å². The number of hydrogen-bond donors (Lipinski definition) is 3. The van der Waals surface area contributed by atoms with Crippen LogP contribution in [0.3, 0.4) is 0 Å². The number of nitrogens with zero attached hydrogens (tertiary/aromatic N) is 5. The van der Waals surface area contributed by atoms with Gasteiger partial charge in [-0.2, -0.15) is 18.4 Å². The number of nitrogens with one attached hydrogen (secondary N) is 3. The highest BCUT2D eigenvalue weighted by Gasteiger charge is 2.51.